The Kier molecular flexibility index (Phi) is 9.80. The average molecular weight is 568 g/mol. The minimum atomic E-state index is -0.643. The van der Waals surface area contributed by atoms with E-state index in [1.165, 1.54) is 0 Å². The molecule has 2 aromatic carbocycles. The summed E-state index contributed by atoms with van der Waals surface area (Å²) in [6.45, 7) is 5.82. The van der Waals surface area contributed by atoms with Gasteiger partial charge in [0.1, 0.15) is 11.7 Å². The van der Waals surface area contributed by atoms with Crippen LogP contribution in [0.4, 0.5) is 11.4 Å². The minimum Gasteiger partial charge on any atom is -0.485 e. The van der Waals surface area contributed by atoms with E-state index in [2.05, 4.69) is 21.3 Å². The van der Waals surface area contributed by atoms with Crippen molar-refractivity contribution < 1.29 is 19.1 Å². The zero-order chi connectivity index (χ0) is 29.7. The summed E-state index contributed by atoms with van der Waals surface area (Å²) < 4.78 is 5.47. The van der Waals surface area contributed by atoms with Crippen molar-refractivity contribution in [2.24, 2.45) is 5.92 Å². The number of hydrogen-bond acceptors (Lipinski definition) is 8. The molecule has 2 aromatic rings. The third-order valence-corrected chi connectivity index (χ3v) is 7.98. The Morgan fingerprint density at radius 2 is 1.76 bits per heavy atom. The van der Waals surface area contributed by atoms with Gasteiger partial charge in [-0.3, -0.25) is 24.0 Å². The molecular formula is C30H41N5O6. The van der Waals surface area contributed by atoms with Gasteiger partial charge in [-0.25, -0.2) is 0 Å². The highest BCUT2D eigenvalue weighted by Gasteiger charge is 2.43. The Bertz CT molecular complexity index is 1330. The fourth-order valence-corrected chi connectivity index (χ4v) is 5.60. The number of ether oxygens (including phenoxy) is 1. The molecule has 3 amide bonds. The topological polar surface area (TPSA) is 146 Å². The highest BCUT2D eigenvalue weighted by Crippen LogP contribution is 2.33. The molecule has 11 heteroatoms. The van der Waals surface area contributed by atoms with Crippen LogP contribution < -0.4 is 36.9 Å². The Morgan fingerprint density at radius 1 is 1.00 bits per heavy atom. The van der Waals surface area contributed by atoms with Crippen LogP contribution in [0.3, 0.4) is 0 Å². The van der Waals surface area contributed by atoms with E-state index in [-0.39, 0.29) is 66.4 Å². The monoisotopic (exact) mass is 567 g/mol. The van der Waals surface area contributed by atoms with E-state index in [1.54, 1.807) is 50.9 Å². The van der Waals surface area contributed by atoms with Crippen molar-refractivity contribution in [3.05, 3.63) is 50.3 Å². The number of anilines is 2. The van der Waals surface area contributed by atoms with Crippen LogP contribution in [0.15, 0.2) is 33.9 Å². The van der Waals surface area contributed by atoms with Crippen LogP contribution >= 0.6 is 0 Å². The van der Waals surface area contributed by atoms with Crippen LogP contribution in [0.25, 0.3) is 0 Å². The number of hydrogen-bond donors (Lipinski definition) is 4. The van der Waals surface area contributed by atoms with Gasteiger partial charge in [0, 0.05) is 24.8 Å². The van der Waals surface area contributed by atoms with Crippen molar-refractivity contribution in [1.82, 2.24) is 20.9 Å². The molecule has 2 aliphatic heterocycles. The average Bonchev–Trinajstić information content (AvgIpc) is 3.38. The molecular weight excluding hydrogens is 526 g/mol. The van der Waals surface area contributed by atoms with Crippen LogP contribution in [0.5, 0.6) is 5.75 Å². The zero-order valence-electron chi connectivity index (χ0n) is 24.2. The van der Waals surface area contributed by atoms with Gasteiger partial charge in [-0.05, 0) is 71.2 Å². The molecule has 4 atom stereocenters. The van der Waals surface area contributed by atoms with Crippen molar-refractivity contribution in [1.29, 1.82) is 0 Å². The lowest BCUT2D eigenvalue weighted by Crippen LogP contribution is -2.53. The number of amides is 3. The van der Waals surface area contributed by atoms with Gasteiger partial charge < -0.3 is 30.9 Å². The maximum absolute atomic E-state index is 13.6. The Labute approximate surface area is 240 Å². The van der Waals surface area contributed by atoms with Gasteiger partial charge in [0.15, 0.2) is 5.75 Å². The van der Waals surface area contributed by atoms with E-state index in [9.17, 15) is 24.0 Å². The molecule has 0 unspecified atom stereocenters. The largest absolute Gasteiger partial charge is 0.485 e. The summed E-state index contributed by atoms with van der Waals surface area (Å²) in [5.74, 6) is -0.752. The predicted octanol–water partition coefficient (Wildman–Crippen LogP) is 1.70. The molecule has 4 rings (SSSR count). The third kappa shape index (κ3) is 6.95. The van der Waals surface area contributed by atoms with Crippen LogP contribution in [-0.2, 0) is 20.9 Å². The first kappa shape index (κ1) is 30.2. The summed E-state index contributed by atoms with van der Waals surface area (Å²) in [6, 6.07) is 6.31. The number of nitrogens with one attached hydrogen (secondary N) is 4. The number of benzene rings is 1. The molecule has 0 bridgehead atoms. The second-order valence-electron chi connectivity index (χ2n) is 11.3. The molecule has 2 fully saturated rings. The summed E-state index contributed by atoms with van der Waals surface area (Å²) in [6.07, 6.45) is 4.59. The van der Waals surface area contributed by atoms with Crippen LogP contribution in [0.1, 0.15) is 64.9 Å². The van der Waals surface area contributed by atoms with E-state index in [4.69, 9.17) is 4.74 Å². The molecule has 0 aromatic heterocycles. The minimum absolute atomic E-state index is 0.0266. The summed E-state index contributed by atoms with van der Waals surface area (Å²) >= 11 is 0. The highest BCUT2D eigenvalue weighted by atomic mass is 16.5. The standard InChI is InChI=1S/C30H41N5O6/c1-17(2)41-27-24(25(36)26(27)37)34-21-10-7-8-19(14-21)15-32-29(39)23-13-12-22-11-6-5-9-20(30(40)35(22)23)16-33-28(38)18(3)31-4/h7-8,10,14,17-18,20,22-23,31,34H,5-6,9,11-13,15-16H2,1-4H3,(H,32,39)(H,33,38)/t18-,20+,22-,23-/m0/s1. The lowest BCUT2D eigenvalue weighted by Gasteiger charge is -2.35. The SMILES string of the molecule is CN[C@@H](C)C(=O)NC[C@H]1CCCC[C@H]2CC[C@@H](C(=O)NCc3cccc(Nc4c(OC(C)C)c(=O)c4=O)c3)N2C1=O. The molecule has 0 aliphatic carbocycles. The van der Waals surface area contributed by atoms with E-state index < -0.39 is 16.9 Å². The van der Waals surface area contributed by atoms with Crippen molar-refractivity contribution >= 4 is 29.1 Å². The van der Waals surface area contributed by atoms with Crippen molar-refractivity contribution in [2.45, 2.75) is 90.1 Å². The number of carbonyl (C=O) groups is 3. The molecule has 2 aliphatic rings. The fourth-order valence-electron chi connectivity index (χ4n) is 5.60. The zero-order valence-corrected chi connectivity index (χ0v) is 24.2. The first-order valence-electron chi connectivity index (χ1n) is 14.5. The summed E-state index contributed by atoms with van der Waals surface area (Å²) in [4.78, 5) is 65.0. The normalized spacial score (nSPS) is 21.6. The summed E-state index contributed by atoms with van der Waals surface area (Å²) in [7, 11) is 1.71. The maximum Gasteiger partial charge on any atom is 0.272 e. The molecule has 0 saturated carbocycles. The number of likely N-dealkylation sites (N-methyl/N-ethyl adjacent to an activating group) is 1. The van der Waals surface area contributed by atoms with Gasteiger partial charge >= 0.3 is 0 Å². The number of carbonyl (C=O) groups excluding carboxylic acids is 3. The van der Waals surface area contributed by atoms with Crippen molar-refractivity contribution in [2.75, 3.05) is 18.9 Å². The van der Waals surface area contributed by atoms with E-state index in [0.717, 1.165) is 31.2 Å². The number of nitrogens with zero attached hydrogens (tertiary/aromatic N) is 1. The van der Waals surface area contributed by atoms with Crippen LogP contribution in [0.2, 0.25) is 0 Å². The summed E-state index contributed by atoms with van der Waals surface area (Å²) in [5.41, 5.74) is 0.248. The molecule has 4 N–H and O–H groups in total. The first-order valence-corrected chi connectivity index (χ1v) is 14.5. The second kappa shape index (κ2) is 13.3. The van der Waals surface area contributed by atoms with Gasteiger partial charge in [0.25, 0.3) is 10.9 Å². The quantitative estimate of drug-likeness (QED) is 0.300. The molecule has 41 heavy (non-hydrogen) atoms. The molecule has 222 valence electrons. The third-order valence-electron chi connectivity index (χ3n) is 7.98. The predicted molar refractivity (Wildman–Crippen MR) is 156 cm³/mol. The molecule has 2 saturated heterocycles. The van der Waals surface area contributed by atoms with Gasteiger partial charge in [-0.1, -0.05) is 25.0 Å². The van der Waals surface area contributed by atoms with Crippen LogP contribution in [-0.4, -0.2) is 60.4 Å². The molecule has 2 heterocycles. The van der Waals surface area contributed by atoms with E-state index in [0.29, 0.717) is 18.5 Å². The Morgan fingerprint density at radius 3 is 2.49 bits per heavy atom. The Balaban J connectivity index is 1.39. The molecule has 0 spiro atoms. The smallest absolute Gasteiger partial charge is 0.272 e. The van der Waals surface area contributed by atoms with Gasteiger partial charge in [0.2, 0.25) is 17.7 Å². The second-order valence-corrected chi connectivity index (χ2v) is 11.3. The first-order chi connectivity index (χ1) is 19.6. The van der Waals surface area contributed by atoms with Crippen LogP contribution in [0, 0.1) is 5.92 Å². The number of fused-ring (bicyclic) bond motifs is 1. The lowest BCUT2D eigenvalue weighted by atomic mass is 9.94. The Hall–Kier alpha value is -3.73. The summed E-state index contributed by atoms with van der Waals surface area (Å²) in [5, 5.41) is 11.7. The van der Waals surface area contributed by atoms with Gasteiger partial charge in [-0.2, -0.15) is 0 Å². The van der Waals surface area contributed by atoms with Crippen molar-refractivity contribution in [3.8, 4) is 5.75 Å². The fraction of sp³-hybridized carbons (Fsp3) is 0.567. The van der Waals surface area contributed by atoms with Crippen molar-refractivity contribution in [3.63, 3.8) is 0 Å². The molecule has 11 nitrogen and oxygen atoms in total. The lowest BCUT2D eigenvalue weighted by molar-refractivity contribution is -0.144. The maximum atomic E-state index is 13.6. The highest BCUT2D eigenvalue weighted by molar-refractivity contribution is 5.90. The molecule has 0 radical (unpaired) electrons. The number of rotatable bonds is 11. The van der Waals surface area contributed by atoms with Gasteiger partial charge in [0.05, 0.1) is 18.1 Å². The van der Waals surface area contributed by atoms with E-state index >= 15 is 0 Å². The van der Waals surface area contributed by atoms with Gasteiger partial charge in [-0.15, -0.1) is 0 Å². The van der Waals surface area contributed by atoms with E-state index in [1.807, 2.05) is 6.07 Å².